The van der Waals surface area contributed by atoms with E-state index in [1.54, 1.807) is 12.1 Å². The molecule has 2 rings (SSSR count). The molecule has 1 saturated carbocycles. The number of hydrogen-bond donors (Lipinski definition) is 2. The highest BCUT2D eigenvalue weighted by atomic mass is 19.3. The van der Waals surface area contributed by atoms with Crippen molar-refractivity contribution in [2.45, 2.75) is 44.8 Å². The van der Waals surface area contributed by atoms with Gasteiger partial charge in [-0.15, -0.1) is 0 Å². The van der Waals surface area contributed by atoms with E-state index in [0.717, 1.165) is 12.8 Å². The molecule has 1 aliphatic carbocycles. The number of rotatable bonds is 4. The van der Waals surface area contributed by atoms with Gasteiger partial charge in [0.25, 0.3) is 0 Å². The third-order valence-corrected chi connectivity index (χ3v) is 3.36. The Labute approximate surface area is 117 Å². The number of nitrogens with zero attached hydrogens (tertiary/aromatic N) is 1. The summed E-state index contributed by atoms with van der Waals surface area (Å²) in [5, 5.41) is 0. The summed E-state index contributed by atoms with van der Waals surface area (Å²) in [6.45, 7) is -2.84. The van der Waals surface area contributed by atoms with Gasteiger partial charge in [0.05, 0.1) is 6.04 Å². The molecule has 20 heavy (non-hydrogen) atoms. The molecule has 0 unspecified atom stereocenters. The topological polar surface area (TPSA) is 59.6 Å². The lowest BCUT2D eigenvalue weighted by atomic mass is 9.96. The third kappa shape index (κ3) is 4.16. The second-order valence-corrected chi connectivity index (χ2v) is 4.82. The first-order chi connectivity index (χ1) is 9.69. The van der Waals surface area contributed by atoms with Crippen LogP contribution in [-0.4, -0.2) is 18.5 Å². The second kappa shape index (κ2) is 7.19. The molecule has 0 radical (unpaired) electrons. The Morgan fingerprint density at radius 2 is 2.05 bits per heavy atom. The highest BCUT2D eigenvalue weighted by Gasteiger charge is 2.14. The molecule has 0 bridgehead atoms. The van der Waals surface area contributed by atoms with Gasteiger partial charge in [0.2, 0.25) is 0 Å². The molecule has 0 amide bonds. The number of amidine groups is 1. The Hall–Kier alpha value is -1.69. The van der Waals surface area contributed by atoms with Gasteiger partial charge in [0, 0.05) is 5.56 Å². The quantitative estimate of drug-likeness (QED) is 0.386. The van der Waals surface area contributed by atoms with Gasteiger partial charge >= 0.3 is 6.61 Å². The van der Waals surface area contributed by atoms with Gasteiger partial charge in [-0.3, -0.25) is 4.99 Å². The maximum atomic E-state index is 12.2. The zero-order chi connectivity index (χ0) is 14.4. The number of nitrogens with one attached hydrogen (secondary N) is 1. The van der Waals surface area contributed by atoms with Crippen LogP contribution in [0.15, 0.2) is 29.3 Å². The van der Waals surface area contributed by atoms with Gasteiger partial charge in [0.15, 0.2) is 0 Å². The zero-order valence-electron chi connectivity index (χ0n) is 11.2. The molecule has 1 aromatic rings. The first kappa shape index (κ1) is 14.7. The highest BCUT2D eigenvalue weighted by molar-refractivity contribution is 5.98. The van der Waals surface area contributed by atoms with E-state index in [1.807, 2.05) is 0 Å². The van der Waals surface area contributed by atoms with Crippen molar-refractivity contribution < 1.29 is 13.5 Å². The first-order valence-corrected chi connectivity index (χ1v) is 6.78. The molecule has 4 nitrogen and oxygen atoms in total. The summed E-state index contributed by atoms with van der Waals surface area (Å²) >= 11 is 0. The Morgan fingerprint density at radius 3 is 2.70 bits per heavy atom. The summed E-state index contributed by atoms with van der Waals surface area (Å²) in [6.07, 6.45) is 5.66. The summed E-state index contributed by atoms with van der Waals surface area (Å²) in [5.74, 6) is 6.12. The van der Waals surface area contributed by atoms with E-state index >= 15 is 0 Å². The molecule has 1 aliphatic rings. The van der Waals surface area contributed by atoms with Crippen LogP contribution in [0.5, 0.6) is 5.75 Å². The van der Waals surface area contributed by atoms with Crippen LogP contribution in [-0.2, 0) is 0 Å². The molecule has 1 aromatic carbocycles. The minimum Gasteiger partial charge on any atom is -0.435 e. The van der Waals surface area contributed by atoms with Gasteiger partial charge in [-0.25, -0.2) is 5.84 Å². The minimum atomic E-state index is -2.84. The largest absolute Gasteiger partial charge is 0.435 e. The standard InChI is InChI=1S/C14H19F2N3O/c15-14(16)20-12-8-4-5-10(9-12)13(19-17)18-11-6-2-1-3-7-11/h4-5,8-9,11,14H,1-3,6-7,17H2,(H,18,19). The number of benzene rings is 1. The van der Waals surface area contributed by atoms with Gasteiger partial charge in [0.1, 0.15) is 11.6 Å². The van der Waals surface area contributed by atoms with E-state index in [9.17, 15) is 8.78 Å². The van der Waals surface area contributed by atoms with Crippen LogP contribution < -0.4 is 16.0 Å². The number of ether oxygens (including phenoxy) is 1. The second-order valence-electron chi connectivity index (χ2n) is 4.82. The lowest BCUT2D eigenvalue weighted by Crippen LogP contribution is -2.32. The van der Waals surface area contributed by atoms with Crippen LogP contribution in [0.3, 0.4) is 0 Å². The SMILES string of the molecule is NNC(=NC1CCCCC1)c1cccc(OC(F)F)c1. The molecule has 1 fully saturated rings. The summed E-state index contributed by atoms with van der Waals surface area (Å²) in [6, 6.07) is 6.63. The molecule has 0 heterocycles. The van der Waals surface area contributed by atoms with E-state index in [1.165, 1.54) is 31.4 Å². The fraction of sp³-hybridized carbons (Fsp3) is 0.500. The van der Waals surface area contributed by atoms with Crippen molar-refractivity contribution >= 4 is 5.84 Å². The lowest BCUT2D eigenvalue weighted by molar-refractivity contribution is -0.0498. The van der Waals surface area contributed by atoms with Crippen molar-refractivity contribution in [2.24, 2.45) is 10.8 Å². The Bertz CT molecular complexity index is 459. The number of halogens is 2. The molecule has 110 valence electrons. The van der Waals surface area contributed by atoms with Crippen molar-refractivity contribution in [3.63, 3.8) is 0 Å². The monoisotopic (exact) mass is 283 g/mol. The van der Waals surface area contributed by atoms with E-state index < -0.39 is 6.61 Å². The van der Waals surface area contributed by atoms with E-state index in [2.05, 4.69) is 15.2 Å². The molecule has 6 heteroatoms. The number of hydrogen-bond acceptors (Lipinski definition) is 3. The maximum Gasteiger partial charge on any atom is 0.387 e. The first-order valence-electron chi connectivity index (χ1n) is 6.78. The minimum absolute atomic E-state index is 0.101. The highest BCUT2D eigenvalue weighted by Crippen LogP contribution is 2.22. The number of alkyl halides is 2. The summed E-state index contributed by atoms with van der Waals surface area (Å²) in [5.41, 5.74) is 3.20. The molecule has 0 saturated heterocycles. The zero-order valence-corrected chi connectivity index (χ0v) is 11.2. The summed E-state index contributed by atoms with van der Waals surface area (Å²) in [4.78, 5) is 4.58. The molecular weight excluding hydrogens is 264 g/mol. The van der Waals surface area contributed by atoms with Crippen LogP contribution in [0.1, 0.15) is 37.7 Å². The number of aliphatic imine (C=N–C) groups is 1. The molecular formula is C14H19F2N3O. The van der Waals surface area contributed by atoms with Crippen molar-refractivity contribution in [1.29, 1.82) is 0 Å². The van der Waals surface area contributed by atoms with Gasteiger partial charge in [-0.1, -0.05) is 31.4 Å². The normalized spacial score (nSPS) is 17.3. The van der Waals surface area contributed by atoms with Gasteiger partial charge in [-0.05, 0) is 25.0 Å². The molecule has 0 aliphatic heterocycles. The number of nitrogens with two attached hydrogens (primary N) is 1. The van der Waals surface area contributed by atoms with Crippen molar-refractivity contribution in [3.05, 3.63) is 29.8 Å². The Morgan fingerprint density at radius 1 is 1.30 bits per heavy atom. The van der Waals surface area contributed by atoms with Crippen LogP contribution in [0.4, 0.5) is 8.78 Å². The molecule has 0 spiro atoms. The predicted octanol–water partition coefficient (Wildman–Crippen LogP) is 2.83. The van der Waals surface area contributed by atoms with Crippen LogP contribution in [0, 0.1) is 0 Å². The average molecular weight is 283 g/mol. The van der Waals surface area contributed by atoms with E-state index in [4.69, 9.17) is 5.84 Å². The van der Waals surface area contributed by atoms with Crippen LogP contribution in [0.25, 0.3) is 0 Å². The molecule has 0 atom stereocenters. The fourth-order valence-electron chi connectivity index (χ4n) is 2.41. The maximum absolute atomic E-state index is 12.2. The molecule has 3 N–H and O–H groups in total. The van der Waals surface area contributed by atoms with Gasteiger partial charge < -0.3 is 10.2 Å². The van der Waals surface area contributed by atoms with E-state index in [-0.39, 0.29) is 11.8 Å². The van der Waals surface area contributed by atoms with Crippen molar-refractivity contribution in [3.8, 4) is 5.75 Å². The summed E-state index contributed by atoms with van der Waals surface area (Å²) < 4.78 is 28.8. The van der Waals surface area contributed by atoms with Crippen LogP contribution in [0.2, 0.25) is 0 Å². The van der Waals surface area contributed by atoms with Crippen molar-refractivity contribution in [2.75, 3.05) is 0 Å². The van der Waals surface area contributed by atoms with Crippen LogP contribution >= 0.6 is 0 Å². The van der Waals surface area contributed by atoms with Gasteiger partial charge in [-0.2, -0.15) is 8.78 Å². The third-order valence-electron chi connectivity index (χ3n) is 3.36. The van der Waals surface area contributed by atoms with E-state index in [0.29, 0.717) is 11.4 Å². The fourth-order valence-corrected chi connectivity index (χ4v) is 2.41. The Balaban J connectivity index is 2.15. The Kier molecular flexibility index (Phi) is 5.29. The lowest BCUT2D eigenvalue weighted by Gasteiger charge is -2.19. The smallest absolute Gasteiger partial charge is 0.387 e. The predicted molar refractivity (Wildman–Crippen MR) is 73.8 cm³/mol. The average Bonchev–Trinajstić information content (AvgIpc) is 2.45. The molecule has 0 aromatic heterocycles. The van der Waals surface area contributed by atoms with Crippen molar-refractivity contribution in [1.82, 2.24) is 5.43 Å². The summed E-state index contributed by atoms with van der Waals surface area (Å²) in [7, 11) is 0. The number of hydrazine groups is 1.